The van der Waals surface area contributed by atoms with Crippen molar-refractivity contribution in [3.8, 4) is 11.1 Å². The predicted octanol–water partition coefficient (Wildman–Crippen LogP) is 3.21. The Kier molecular flexibility index (Phi) is 3.83. The highest BCUT2D eigenvalue weighted by atomic mass is 19.1. The highest BCUT2D eigenvalue weighted by molar-refractivity contribution is 5.92. The Balaban J connectivity index is 2.25. The van der Waals surface area contributed by atoms with Crippen LogP contribution in [0.25, 0.3) is 22.2 Å². The summed E-state index contributed by atoms with van der Waals surface area (Å²) >= 11 is 0. The molecule has 0 aliphatic rings. The SMILES string of the molecule is COC(=O)c1cc(F)c(C(C)O)c(-c2ccc3nc[nH]c3c2)c1. The number of aliphatic hydroxyl groups is 1. The maximum atomic E-state index is 14.4. The fourth-order valence-electron chi connectivity index (χ4n) is 2.62. The molecule has 2 N–H and O–H groups in total. The molecule has 5 nitrogen and oxygen atoms in total. The molecule has 1 aromatic heterocycles. The lowest BCUT2D eigenvalue weighted by Crippen LogP contribution is -2.06. The number of benzene rings is 2. The van der Waals surface area contributed by atoms with Crippen molar-refractivity contribution in [1.82, 2.24) is 9.97 Å². The molecule has 1 unspecified atom stereocenters. The van der Waals surface area contributed by atoms with E-state index in [1.807, 2.05) is 0 Å². The number of aliphatic hydroxyl groups excluding tert-OH is 1. The molecule has 3 aromatic rings. The summed E-state index contributed by atoms with van der Waals surface area (Å²) in [5.74, 6) is -1.28. The van der Waals surface area contributed by atoms with Gasteiger partial charge in [0.15, 0.2) is 0 Å². The average Bonchev–Trinajstić information content (AvgIpc) is 3.00. The van der Waals surface area contributed by atoms with Crippen LogP contribution in [-0.4, -0.2) is 28.2 Å². The molecule has 0 aliphatic heterocycles. The van der Waals surface area contributed by atoms with Crippen LogP contribution in [0.15, 0.2) is 36.7 Å². The summed E-state index contributed by atoms with van der Waals surface area (Å²) in [6.45, 7) is 1.48. The largest absolute Gasteiger partial charge is 0.465 e. The number of imidazole rings is 1. The zero-order valence-corrected chi connectivity index (χ0v) is 12.6. The van der Waals surface area contributed by atoms with E-state index in [1.165, 1.54) is 20.1 Å². The van der Waals surface area contributed by atoms with Crippen molar-refractivity contribution in [2.45, 2.75) is 13.0 Å². The number of rotatable bonds is 3. The van der Waals surface area contributed by atoms with E-state index in [1.54, 1.807) is 24.5 Å². The minimum atomic E-state index is -1.02. The zero-order chi connectivity index (χ0) is 16.6. The molecule has 0 bridgehead atoms. The fourth-order valence-corrected chi connectivity index (χ4v) is 2.62. The smallest absolute Gasteiger partial charge is 0.337 e. The summed E-state index contributed by atoms with van der Waals surface area (Å²) in [6, 6.07) is 7.95. The van der Waals surface area contributed by atoms with Crippen molar-refractivity contribution in [3.05, 3.63) is 53.6 Å². The van der Waals surface area contributed by atoms with Crippen molar-refractivity contribution in [1.29, 1.82) is 0 Å². The Morgan fingerprint density at radius 2 is 2.13 bits per heavy atom. The number of methoxy groups -OCH3 is 1. The molecule has 0 saturated heterocycles. The predicted molar refractivity (Wildman–Crippen MR) is 83.5 cm³/mol. The Hall–Kier alpha value is -2.73. The van der Waals surface area contributed by atoms with E-state index in [9.17, 15) is 14.3 Å². The number of hydrogen-bond donors (Lipinski definition) is 2. The van der Waals surface area contributed by atoms with Crippen molar-refractivity contribution in [2.75, 3.05) is 7.11 Å². The summed E-state index contributed by atoms with van der Waals surface area (Å²) in [5, 5.41) is 9.93. The summed E-state index contributed by atoms with van der Waals surface area (Å²) < 4.78 is 19.1. The lowest BCUT2D eigenvalue weighted by molar-refractivity contribution is 0.0600. The molecule has 0 fully saturated rings. The Labute approximate surface area is 131 Å². The molecule has 0 spiro atoms. The van der Waals surface area contributed by atoms with E-state index in [0.29, 0.717) is 11.1 Å². The van der Waals surface area contributed by atoms with Crippen molar-refractivity contribution < 1.29 is 19.0 Å². The van der Waals surface area contributed by atoms with Crippen LogP contribution in [0.1, 0.15) is 28.9 Å². The average molecular weight is 314 g/mol. The van der Waals surface area contributed by atoms with Gasteiger partial charge >= 0.3 is 5.97 Å². The van der Waals surface area contributed by atoms with Crippen LogP contribution in [0, 0.1) is 5.82 Å². The van der Waals surface area contributed by atoms with Gasteiger partial charge in [0, 0.05) is 5.56 Å². The molecular weight excluding hydrogens is 299 g/mol. The third kappa shape index (κ3) is 2.68. The van der Waals surface area contributed by atoms with Crippen LogP contribution in [0.4, 0.5) is 4.39 Å². The van der Waals surface area contributed by atoms with E-state index in [2.05, 4.69) is 14.7 Å². The minimum Gasteiger partial charge on any atom is -0.465 e. The maximum absolute atomic E-state index is 14.4. The van der Waals surface area contributed by atoms with Gasteiger partial charge in [-0.15, -0.1) is 0 Å². The molecule has 23 heavy (non-hydrogen) atoms. The van der Waals surface area contributed by atoms with Gasteiger partial charge < -0.3 is 14.8 Å². The number of carbonyl (C=O) groups excluding carboxylic acids is 1. The molecule has 0 amide bonds. The van der Waals surface area contributed by atoms with Crippen LogP contribution in [0.3, 0.4) is 0 Å². The monoisotopic (exact) mass is 314 g/mol. The number of aromatic nitrogens is 2. The maximum Gasteiger partial charge on any atom is 0.337 e. The zero-order valence-electron chi connectivity index (χ0n) is 12.6. The Morgan fingerprint density at radius 3 is 2.83 bits per heavy atom. The second-order valence-electron chi connectivity index (χ2n) is 5.22. The third-order valence-electron chi connectivity index (χ3n) is 3.70. The number of esters is 1. The molecule has 2 aromatic carbocycles. The van der Waals surface area contributed by atoms with Gasteiger partial charge in [0.05, 0.1) is 36.1 Å². The van der Waals surface area contributed by atoms with Crippen LogP contribution >= 0.6 is 0 Å². The number of halogens is 1. The standard InChI is InChI=1S/C17H15FN2O3/c1-9(21)16-12(5-11(6-13(16)18)17(22)23-2)10-3-4-14-15(7-10)20-8-19-14/h3-9,21H,1-2H3,(H,19,20). The van der Waals surface area contributed by atoms with Gasteiger partial charge in [0.25, 0.3) is 0 Å². The quantitative estimate of drug-likeness (QED) is 0.728. The number of ether oxygens (including phenoxy) is 1. The van der Waals surface area contributed by atoms with Crippen LogP contribution in [0.5, 0.6) is 0 Å². The third-order valence-corrected chi connectivity index (χ3v) is 3.70. The number of carbonyl (C=O) groups is 1. The second-order valence-corrected chi connectivity index (χ2v) is 5.22. The first-order valence-corrected chi connectivity index (χ1v) is 7.04. The van der Waals surface area contributed by atoms with Crippen LogP contribution in [-0.2, 0) is 4.74 Å². The topological polar surface area (TPSA) is 75.2 Å². The lowest BCUT2D eigenvalue weighted by atomic mass is 9.93. The molecule has 0 saturated carbocycles. The summed E-state index contributed by atoms with van der Waals surface area (Å²) in [5.41, 5.74) is 2.89. The molecule has 3 rings (SSSR count). The number of hydrogen-bond acceptors (Lipinski definition) is 4. The summed E-state index contributed by atoms with van der Waals surface area (Å²) in [6.07, 6.45) is 0.546. The van der Waals surface area contributed by atoms with E-state index < -0.39 is 17.9 Å². The van der Waals surface area contributed by atoms with Crippen molar-refractivity contribution >= 4 is 17.0 Å². The highest BCUT2D eigenvalue weighted by Crippen LogP contribution is 2.33. The van der Waals surface area contributed by atoms with E-state index in [0.717, 1.165) is 17.1 Å². The van der Waals surface area contributed by atoms with Crippen molar-refractivity contribution in [3.63, 3.8) is 0 Å². The molecule has 1 heterocycles. The van der Waals surface area contributed by atoms with Gasteiger partial charge in [0.2, 0.25) is 0 Å². The molecule has 6 heteroatoms. The first kappa shape index (κ1) is 15.2. The van der Waals surface area contributed by atoms with E-state index in [4.69, 9.17) is 0 Å². The lowest BCUT2D eigenvalue weighted by Gasteiger charge is -2.15. The minimum absolute atomic E-state index is 0.0918. The number of nitrogens with zero attached hydrogens (tertiary/aromatic N) is 1. The first-order valence-electron chi connectivity index (χ1n) is 7.04. The normalized spacial score (nSPS) is 12.3. The van der Waals surface area contributed by atoms with Gasteiger partial charge in [-0.25, -0.2) is 14.2 Å². The molecule has 118 valence electrons. The number of fused-ring (bicyclic) bond motifs is 1. The van der Waals surface area contributed by atoms with Gasteiger partial charge in [-0.2, -0.15) is 0 Å². The second kappa shape index (κ2) is 5.81. The number of aromatic amines is 1. The summed E-state index contributed by atoms with van der Waals surface area (Å²) in [4.78, 5) is 18.9. The van der Waals surface area contributed by atoms with Crippen LogP contribution in [0.2, 0.25) is 0 Å². The van der Waals surface area contributed by atoms with E-state index >= 15 is 0 Å². The number of nitrogens with one attached hydrogen (secondary N) is 1. The van der Waals surface area contributed by atoms with Crippen LogP contribution < -0.4 is 0 Å². The van der Waals surface area contributed by atoms with Crippen molar-refractivity contribution in [2.24, 2.45) is 0 Å². The van der Waals surface area contributed by atoms with E-state index in [-0.39, 0.29) is 11.1 Å². The molecule has 0 aliphatic carbocycles. The highest BCUT2D eigenvalue weighted by Gasteiger charge is 2.20. The summed E-state index contributed by atoms with van der Waals surface area (Å²) in [7, 11) is 1.24. The van der Waals surface area contributed by atoms with Gasteiger partial charge in [-0.1, -0.05) is 6.07 Å². The van der Waals surface area contributed by atoms with Gasteiger partial charge in [-0.05, 0) is 42.3 Å². The number of H-pyrrole nitrogens is 1. The fraction of sp³-hybridized carbons (Fsp3) is 0.176. The Morgan fingerprint density at radius 1 is 1.35 bits per heavy atom. The van der Waals surface area contributed by atoms with Gasteiger partial charge in [-0.3, -0.25) is 0 Å². The molecular formula is C17H15FN2O3. The molecule has 0 radical (unpaired) electrons. The molecule has 1 atom stereocenters. The first-order chi connectivity index (χ1) is 11.0. The van der Waals surface area contributed by atoms with Gasteiger partial charge in [0.1, 0.15) is 5.82 Å². The Bertz CT molecular complexity index is 887.